The van der Waals surface area contributed by atoms with Gasteiger partial charge in [-0.2, -0.15) is 0 Å². The highest BCUT2D eigenvalue weighted by Gasteiger charge is 2.08. The molecule has 1 rings (SSSR count). The van der Waals surface area contributed by atoms with Gasteiger partial charge in [0, 0.05) is 21.2 Å². The molecule has 1 N–H and O–H groups in total. The fraction of sp³-hybridized carbons (Fsp3) is 0.625. The van der Waals surface area contributed by atoms with Crippen molar-refractivity contribution in [3.8, 4) is 0 Å². The lowest BCUT2D eigenvalue weighted by molar-refractivity contribution is 0.493. The molecule has 0 bridgehead atoms. The van der Waals surface area contributed by atoms with Crippen LogP contribution >= 0.6 is 27.7 Å². The van der Waals surface area contributed by atoms with Crippen LogP contribution < -0.4 is 5.32 Å². The van der Waals surface area contributed by atoms with Crippen LogP contribution in [0.25, 0.3) is 0 Å². The SMILES string of the molecule is CCCCCC(CSc1ccc(Br)cc1)NCCC. The van der Waals surface area contributed by atoms with Crippen LogP contribution in [0.1, 0.15) is 46.0 Å². The van der Waals surface area contributed by atoms with Crippen LogP contribution in [0, 0.1) is 0 Å². The normalized spacial score (nSPS) is 12.6. The summed E-state index contributed by atoms with van der Waals surface area (Å²) in [5.74, 6) is 1.17. The summed E-state index contributed by atoms with van der Waals surface area (Å²) in [6.45, 7) is 5.64. The number of rotatable bonds is 10. The highest BCUT2D eigenvalue weighted by atomic mass is 79.9. The van der Waals surface area contributed by atoms with Crippen LogP contribution in [0.5, 0.6) is 0 Å². The van der Waals surface area contributed by atoms with Crippen molar-refractivity contribution in [3.05, 3.63) is 28.7 Å². The predicted octanol–water partition coefficient (Wildman–Crippen LogP) is 5.49. The predicted molar refractivity (Wildman–Crippen MR) is 91.1 cm³/mol. The minimum atomic E-state index is 0.653. The molecule has 1 aromatic carbocycles. The first kappa shape index (κ1) is 17.1. The Hall–Kier alpha value is 0.01000. The molecule has 1 nitrogen and oxygen atoms in total. The first-order chi connectivity index (χ1) is 9.26. The molecule has 0 heterocycles. The van der Waals surface area contributed by atoms with Crippen molar-refractivity contribution >= 4 is 27.7 Å². The van der Waals surface area contributed by atoms with E-state index in [1.54, 1.807) is 0 Å². The molecule has 0 radical (unpaired) electrons. The van der Waals surface area contributed by atoms with E-state index in [1.165, 1.54) is 42.8 Å². The van der Waals surface area contributed by atoms with Gasteiger partial charge in [-0.1, -0.05) is 49.0 Å². The van der Waals surface area contributed by atoms with Crippen molar-refractivity contribution in [2.24, 2.45) is 0 Å². The van der Waals surface area contributed by atoms with Crippen LogP contribution in [-0.4, -0.2) is 18.3 Å². The van der Waals surface area contributed by atoms with Gasteiger partial charge in [0.05, 0.1) is 0 Å². The standard InChI is InChI=1S/C16H26BrNS/c1-3-5-6-7-15(18-12-4-2)13-19-16-10-8-14(17)9-11-16/h8-11,15,18H,3-7,12-13H2,1-2H3. The third kappa shape index (κ3) is 8.01. The van der Waals surface area contributed by atoms with E-state index in [1.807, 2.05) is 11.8 Å². The largest absolute Gasteiger partial charge is 0.313 e. The second-order valence-electron chi connectivity index (χ2n) is 4.91. The molecule has 0 saturated carbocycles. The van der Waals surface area contributed by atoms with E-state index in [4.69, 9.17) is 0 Å². The van der Waals surface area contributed by atoms with Gasteiger partial charge in [0.25, 0.3) is 0 Å². The molecule has 0 spiro atoms. The molecule has 19 heavy (non-hydrogen) atoms. The van der Waals surface area contributed by atoms with Gasteiger partial charge in [0.15, 0.2) is 0 Å². The van der Waals surface area contributed by atoms with Gasteiger partial charge in [-0.15, -0.1) is 11.8 Å². The number of hydrogen-bond donors (Lipinski definition) is 1. The van der Waals surface area contributed by atoms with Crippen LogP contribution in [0.4, 0.5) is 0 Å². The molecule has 0 fully saturated rings. The monoisotopic (exact) mass is 343 g/mol. The lowest BCUT2D eigenvalue weighted by Crippen LogP contribution is -2.31. The first-order valence-corrected chi connectivity index (χ1v) is 9.15. The summed E-state index contributed by atoms with van der Waals surface area (Å²) >= 11 is 5.44. The van der Waals surface area contributed by atoms with Gasteiger partial charge >= 0.3 is 0 Å². The van der Waals surface area contributed by atoms with Crippen LogP contribution in [-0.2, 0) is 0 Å². The minimum absolute atomic E-state index is 0.653. The molecular formula is C16H26BrNS. The number of hydrogen-bond acceptors (Lipinski definition) is 2. The molecule has 0 saturated heterocycles. The van der Waals surface area contributed by atoms with Gasteiger partial charge in [-0.05, 0) is 43.7 Å². The number of thioether (sulfide) groups is 1. The fourth-order valence-electron chi connectivity index (χ4n) is 1.96. The van der Waals surface area contributed by atoms with Crippen LogP contribution in [0.3, 0.4) is 0 Å². The number of halogens is 1. The molecule has 1 aromatic rings. The lowest BCUT2D eigenvalue weighted by Gasteiger charge is -2.18. The Balaban J connectivity index is 2.35. The number of benzene rings is 1. The average Bonchev–Trinajstić information content (AvgIpc) is 2.43. The second kappa shape index (κ2) is 10.8. The highest BCUT2D eigenvalue weighted by molar-refractivity contribution is 9.10. The lowest BCUT2D eigenvalue weighted by atomic mass is 10.1. The van der Waals surface area contributed by atoms with E-state index in [-0.39, 0.29) is 0 Å². The van der Waals surface area contributed by atoms with Crippen molar-refractivity contribution in [1.82, 2.24) is 5.32 Å². The van der Waals surface area contributed by atoms with Crippen LogP contribution in [0.15, 0.2) is 33.6 Å². The van der Waals surface area contributed by atoms with E-state index in [2.05, 4.69) is 59.4 Å². The zero-order chi connectivity index (χ0) is 13.9. The molecule has 3 heteroatoms. The molecular weight excluding hydrogens is 318 g/mol. The maximum absolute atomic E-state index is 3.68. The Morgan fingerprint density at radius 1 is 1.11 bits per heavy atom. The quantitative estimate of drug-likeness (QED) is 0.445. The summed E-state index contributed by atoms with van der Waals surface area (Å²) in [7, 11) is 0. The number of nitrogens with one attached hydrogen (secondary N) is 1. The van der Waals surface area contributed by atoms with Gasteiger partial charge in [-0.25, -0.2) is 0 Å². The molecule has 1 unspecified atom stereocenters. The highest BCUT2D eigenvalue weighted by Crippen LogP contribution is 2.22. The number of unbranched alkanes of at least 4 members (excludes halogenated alkanes) is 2. The Labute approximate surface area is 131 Å². The topological polar surface area (TPSA) is 12.0 Å². The summed E-state index contributed by atoms with van der Waals surface area (Å²) in [6.07, 6.45) is 6.52. The zero-order valence-electron chi connectivity index (χ0n) is 12.1. The maximum atomic E-state index is 3.68. The van der Waals surface area contributed by atoms with Crippen molar-refractivity contribution < 1.29 is 0 Å². The molecule has 0 aromatic heterocycles. The summed E-state index contributed by atoms with van der Waals surface area (Å²) in [4.78, 5) is 1.36. The van der Waals surface area contributed by atoms with Gasteiger partial charge in [0.2, 0.25) is 0 Å². The fourth-order valence-corrected chi connectivity index (χ4v) is 3.23. The zero-order valence-corrected chi connectivity index (χ0v) is 14.5. The molecule has 0 amide bonds. The van der Waals surface area contributed by atoms with E-state index in [0.717, 1.165) is 11.0 Å². The van der Waals surface area contributed by atoms with Crippen LogP contribution in [0.2, 0.25) is 0 Å². The molecule has 0 aliphatic rings. The van der Waals surface area contributed by atoms with Crippen molar-refractivity contribution in [2.45, 2.75) is 56.9 Å². The average molecular weight is 344 g/mol. The Kier molecular flexibility index (Phi) is 9.66. The van der Waals surface area contributed by atoms with Crippen molar-refractivity contribution in [2.75, 3.05) is 12.3 Å². The smallest absolute Gasteiger partial charge is 0.0176 e. The summed E-state index contributed by atoms with van der Waals surface area (Å²) in [6, 6.07) is 9.28. The van der Waals surface area contributed by atoms with Gasteiger partial charge < -0.3 is 5.32 Å². The van der Waals surface area contributed by atoms with E-state index in [0.29, 0.717) is 6.04 Å². The van der Waals surface area contributed by atoms with Crippen molar-refractivity contribution in [3.63, 3.8) is 0 Å². The summed E-state index contributed by atoms with van der Waals surface area (Å²) < 4.78 is 1.15. The van der Waals surface area contributed by atoms with E-state index >= 15 is 0 Å². The van der Waals surface area contributed by atoms with E-state index in [9.17, 15) is 0 Å². The third-order valence-corrected chi connectivity index (χ3v) is 4.81. The molecule has 108 valence electrons. The Morgan fingerprint density at radius 2 is 1.84 bits per heavy atom. The maximum Gasteiger partial charge on any atom is 0.0176 e. The molecule has 1 atom stereocenters. The first-order valence-electron chi connectivity index (χ1n) is 7.38. The Morgan fingerprint density at radius 3 is 2.47 bits per heavy atom. The minimum Gasteiger partial charge on any atom is -0.313 e. The molecule has 0 aliphatic carbocycles. The summed E-state index contributed by atoms with van der Waals surface area (Å²) in [5, 5.41) is 3.68. The summed E-state index contributed by atoms with van der Waals surface area (Å²) in [5.41, 5.74) is 0. The molecule has 0 aliphatic heterocycles. The van der Waals surface area contributed by atoms with E-state index < -0.39 is 0 Å². The Bertz CT molecular complexity index is 326. The second-order valence-corrected chi connectivity index (χ2v) is 6.92. The van der Waals surface area contributed by atoms with Crippen molar-refractivity contribution in [1.29, 1.82) is 0 Å². The third-order valence-electron chi connectivity index (χ3n) is 3.10. The van der Waals surface area contributed by atoms with Gasteiger partial charge in [-0.3, -0.25) is 0 Å². The van der Waals surface area contributed by atoms with Gasteiger partial charge in [0.1, 0.15) is 0 Å².